The molecule has 0 aliphatic carbocycles. The van der Waals surface area contributed by atoms with Crippen molar-refractivity contribution in [3.05, 3.63) is 0 Å². The van der Waals surface area contributed by atoms with Crippen molar-refractivity contribution >= 4 is 5.91 Å². The fraction of sp³-hybridized carbons (Fsp3) is 0.909. The molecule has 1 heterocycles. The van der Waals surface area contributed by atoms with E-state index in [0.717, 1.165) is 19.6 Å². The van der Waals surface area contributed by atoms with Crippen molar-refractivity contribution in [2.45, 2.75) is 46.2 Å². The largest absolute Gasteiger partial charge is 0.340 e. The lowest BCUT2D eigenvalue weighted by molar-refractivity contribution is -0.134. The van der Waals surface area contributed by atoms with Crippen molar-refractivity contribution in [2.24, 2.45) is 0 Å². The molecule has 0 bridgehead atoms. The summed E-state index contributed by atoms with van der Waals surface area (Å²) >= 11 is 0. The van der Waals surface area contributed by atoms with E-state index in [1.807, 2.05) is 4.90 Å². The summed E-state index contributed by atoms with van der Waals surface area (Å²) in [6.45, 7) is 13.2. The molecule has 1 amide bonds. The van der Waals surface area contributed by atoms with Crippen LogP contribution in [0.1, 0.15) is 34.6 Å². The first kappa shape index (κ1) is 11.5. The molecule has 1 aliphatic heterocycles. The molecule has 0 saturated carbocycles. The Kier molecular flexibility index (Phi) is 3.20. The predicted molar refractivity (Wildman–Crippen MR) is 58.2 cm³/mol. The molecule has 3 heteroatoms. The van der Waals surface area contributed by atoms with E-state index < -0.39 is 0 Å². The van der Waals surface area contributed by atoms with Crippen molar-refractivity contribution in [2.75, 3.05) is 19.6 Å². The summed E-state index contributed by atoms with van der Waals surface area (Å²) in [5.41, 5.74) is 0.109. The van der Waals surface area contributed by atoms with E-state index in [2.05, 4.69) is 32.6 Å². The van der Waals surface area contributed by atoms with Gasteiger partial charge in [0.1, 0.15) is 0 Å². The van der Waals surface area contributed by atoms with E-state index in [4.69, 9.17) is 0 Å². The van der Waals surface area contributed by atoms with E-state index in [0.29, 0.717) is 6.04 Å². The summed E-state index contributed by atoms with van der Waals surface area (Å²) in [6, 6.07) is 0.555. The number of amides is 1. The topological polar surface area (TPSA) is 23.6 Å². The van der Waals surface area contributed by atoms with Gasteiger partial charge in [0.15, 0.2) is 0 Å². The highest BCUT2D eigenvalue weighted by atomic mass is 16.2. The Morgan fingerprint density at radius 1 is 1.29 bits per heavy atom. The van der Waals surface area contributed by atoms with Gasteiger partial charge in [0.2, 0.25) is 5.91 Å². The van der Waals surface area contributed by atoms with Gasteiger partial charge in [-0.3, -0.25) is 9.69 Å². The molecule has 0 aromatic carbocycles. The van der Waals surface area contributed by atoms with Gasteiger partial charge < -0.3 is 4.90 Å². The van der Waals surface area contributed by atoms with Gasteiger partial charge in [0.25, 0.3) is 0 Å². The lowest BCUT2D eigenvalue weighted by atomic mass is 9.97. The third kappa shape index (κ3) is 2.27. The van der Waals surface area contributed by atoms with Crippen LogP contribution < -0.4 is 0 Å². The Hall–Kier alpha value is -0.570. The first-order valence-electron chi connectivity index (χ1n) is 5.37. The molecule has 0 aromatic heterocycles. The van der Waals surface area contributed by atoms with E-state index in [9.17, 15) is 4.79 Å². The van der Waals surface area contributed by atoms with Crippen LogP contribution in [0.5, 0.6) is 0 Å². The number of piperazine rings is 1. The molecule has 1 aliphatic rings. The molecule has 3 nitrogen and oxygen atoms in total. The summed E-state index contributed by atoms with van der Waals surface area (Å²) < 4.78 is 0. The molecule has 0 atom stereocenters. The van der Waals surface area contributed by atoms with Crippen molar-refractivity contribution in [3.8, 4) is 0 Å². The molecule has 0 radical (unpaired) electrons. The van der Waals surface area contributed by atoms with E-state index in [-0.39, 0.29) is 11.4 Å². The van der Waals surface area contributed by atoms with Gasteiger partial charge >= 0.3 is 0 Å². The zero-order valence-corrected chi connectivity index (χ0v) is 10.0. The Balaban J connectivity index is 2.70. The van der Waals surface area contributed by atoms with Crippen LogP contribution in [0.2, 0.25) is 0 Å². The molecule has 1 saturated heterocycles. The summed E-state index contributed by atoms with van der Waals surface area (Å²) in [6.07, 6.45) is 0. The number of rotatable bonds is 1. The Bertz CT molecular complexity index is 223. The Morgan fingerprint density at radius 3 is 2.21 bits per heavy atom. The highest BCUT2D eigenvalue weighted by Gasteiger charge is 2.35. The molecular weight excluding hydrogens is 176 g/mol. The van der Waals surface area contributed by atoms with E-state index >= 15 is 0 Å². The minimum absolute atomic E-state index is 0.109. The molecule has 1 rings (SSSR count). The second-order valence-electron chi connectivity index (χ2n) is 5.04. The number of carbonyl (C=O) groups excluding carboxylic acids is 1. The molecular formula is C11H22N2O. The highest BCUT2D eigenvalue weighted by Crippen LogP contribution is 2.23. The Labute approximate surface area is 87.1 Å². The third-order valence-electron chi connectivity index (χ3n) is 3.03. The zero-order valence-electron chi connectivity index (χ0n) is 10.0. The van der Waals surface area contributed by atoms with Crippen molar-refractivity contribution in [1.82, 2.24) is 9.80 Å². The van der Waals surface area contributed by atoms with Gasteiger partial charge in [-0.25, -0.2) is 0 Å². The average molecular weight is 198 g/mol. The SMILES string of the molecule is CC(=O)N1CCN(C(C)C)C(C)(C)C1. The maximum absolute atomic E-state index is 11.3. The van der Waals surface area contributed by atoms with Crippen LogP contribution in [0.4, 0.5) is 0 Å². The average Bonchev–Trinajstić information content (AvgIpc) is 2.01. The van der Waals surface area contributed by atoms with E-state index in [1.54, 1.807) is 6.92 Å². The first-order chi connectivity index (χ1) is 6.34. The molecule has 0 aromatic rings. The maximum Gasteiger partial charge on any atom is 0.219 e. The van der Waals surface area contributed by atoms with Gasteiger partial charge in [0.05, 0.1) is 0 Å². The number of nitrogens with zero attached hydrogens (tertiary/aromatic N) is 2. The van der Waals surface area contributed by atoms with Crippen LogP contribution in [-0.4, -0.2) is 46.9 Å². The number of carbonyl (C=O) groups is 1. The summed E-state index contributed by atoms with van der Waals surface area (Å²) in [5.74, 6) is 0.196. The van der Waals surface area contributed by atoms with Crippen molar-refractivity contribution in [1.29, 1.82) is 0 Å². The standard InChI is InChI=1S/C11H22N2O/c1-9(2)13-7-6-12(10(3)14)8-11(13,4)5/h9H,6-8H2,1-5H3. The first-order valence-corrected chi connectivity index (χ1v) is 5.37. The van der Waals surface area contributed by atoms with Crippen LogP contribution in [-0.2, 0) is 4.79 Å². The fourth-order valence-electron chi connectivity index (χ4n) is 2.39. The normalized spacial score (nSPS) is 22.9. The van der Waals surface area contributed by atoms with Crippen molar-refractivity contribution < 1.29 is 4.79 Å². The minimum atomic E-state index is 0.109. The fourth-order valence-corrected chi connectivity index (χ4v) is 2.39. The lowest BCUT2D eigenvalue weighted by Gasteiger charge is -2.49. The monoisotopic (exact) mass is 198 g/mol. The molecule has 82 valence electrons. The van der Waals surface area contributed by atoms with Crippen LogP contribution in [0.25, 0.3) is 0 Å². The highest BCUT2D eigenvalue weighted by molar-refractivity contribution is 5.73. The number of hydrogen-bond acceptors (Lipinski definition) is 2. The quantitative estimate of drug-likeness (QED) is 0.635. The minimum Gasteiger partial charge on any atom is -0.340 e. The van der Waals surface area contributed by atoms with Gasteiger partial charge in [-0.15, -0.1) is 0 Å². The van der Waals surface area contributed by atoms with Crippen LogP contribution in [0.15, 0.2) is 0 Å². The van der Waals surface area contributed by atoms with Crippen molar-refractivity contribution in [3.63, 3.8) is 0 Å². The lowest BCUT2D eigenvalue weighted by Crippen LogP contribution is -2.61. The summed E-state index contributed by atoms with van der Waals surface area (Å²) in [7, 11) is 0. The molecule has 0 unspecified atom stereocenters. The molecule has 14 heavy (non-hydrogen) atoms. The second kappa shape index (κ2) is 3.89. The smallest absolute Gasteiger partial charge is 0.219 e. The second-order valence-corrected chi connectivity index (χ2v) is 5.04. The molecule has 0 N–H and O–H groups in total. The van der Waals surface area contributed by atoms with Crippen LogP contribution in [0, 0.1) is 0 Å². The Morgan fingerprint density at radius 2 is 1.86 bits per heavy atom. The van der Waals surface area contributed by atoms with Gasteiger partial charge in [-0.05, 0) is 27.7 Å². The summed E-state index contributed by atoms with van der Waals surface area (Å²) in [4.78, 5) is 15.7. The third-order valence-corrected chi connectivity index (χ3v) is 3.03. The number of hydrogen-bond donors (Lipinski definition) is 0. The van der Waals surface area contributed by atoms with Gasteiger partial charge in [0, 0.05) is 38.1 Å². The van der Waals surface area contributed by atoms with Gasteiger partial charge in [-0.1, -0.05) is 0 Å². The van der Waals surface area contributed by atoms with Gasteiger partial charge in [-0.2, -0.15) is 0 Å². The van der Waals surface area contributed by atoms with Crippen LogP contribution >= 0.6 is 0 Å². The molecule has 0 spiro atoms. The maximum atomic E-state index is 11.3. The molecule has 1 fully saturated rings. The van der Waals surface area contributed by atoms with E-state index in [1.165, 1.54) is 0 Å². The summed E-state index contributed by atoms with van der Waals surface area (Å²) in [5, 5.41) is 0. The zero-order chi connectivity index (χ0) is 10.9. The predicted octanol–water partition coefficient (Wildman–Crippen LogP) is 1.34. The van der Waals surface area contributed by atoms with Crippen LogP contribution in [0.3, 0.4) is 0 Å².